The van der Waals surface area contributed by atoms with Crippen LogP contribution in [0.3, 0.4) is 0 Å². The highest BCUT2D eigenvalue weighted by Crippen LogP contribution is 2.39. The number of fused-ring (bicyclic) bond motifs is 1. The molecule has 1 aromatic rings. The number of rotatable bonds is 4. The Balaban J connectivity index is 1.89. The smallest absolute Gasteiger partial charge is 0.354 e. The summed E-state index contributed by atoms with van der Waals surface area (Å²) in [5, 5.41) is 9.36. The van der Waals surface area contributed by atoms with Crippen LogP contribution in [0.2, 0.25) is 0 Å². The molecule has 0 amide bonds. The summed E-state index contributed by atoms with van der Waals surface area (Å²) >= 11 is 0. The summed E-state index contributed by atoms with van der Waals surface area (Å²) in [6.07, 6.45) is 0.849. The molecule has 0 spiro atoms. The van der Waals surface area contributed by atoms with Gasteiger partial charge < -0.3 is 5.11 Å². The molecule has 132 valence electrons. The molecular weight excluding hydrogens is 314 g/mol. The summed E-state index contributed by atoms with van der Waals surface area (Å²) in [4.78, 5) is 17.8. The zero-order chi connectivity index (χ0) is 17.5. The molecule has 2 aliphatic rings. The van der Waals surface area contributed by atoms with E-state index in [1.165, 1.54) is 0 Å². The molecule has 0 saturated carbocycles. The Morgan fingerprint density at radius 1 is 1.50 bits per heavy atom. The quantitative estimate of drug-likeness (QED) is 0.913. The van der Waals surface area contributed by atoms with Gasteiger partial charge >= 0.3 is 5.97 Å². The van der Waals surface area contributed by atoms with Crippen LogP contribution in [0.1, 0.15) is 60.4 Å². The molecule has 1 fully saturated rings. The average molecular weight is 338 g/mol. The van der Waals surface area contributed by atoms with Crippen molar-refractivity contribution < 1.29 is 18.7 Å². The van der Waals surface area contributed by atoms with Crippen LogP contribution in [0.5, 0.6) is 0 Å². The summed E-state index contributed by atoms with van der Waals surface area (Å²) in [5.74, 6) is -1.62. The van der Waals surface area contributed by atoms with Gasteiger partial charge in [0, 0.05) is 24.4 Å². The van der Waals surface area contributed by atoms with Gasteiger partial charge in [0.25, 0.3) is 0 Å². The molecule has 2 heterocycles. The molecule has 1 aromatic heterocycles. The van der Waals surface area contributed by atoms with Crippen molar-refractivity contribution in [1.29, 1.82) is 0 Å². The van der Waals surface area contributed by atoms with Crippen LogP contribution in [0, 0.1) is 5.92 Å². The molecule has 0 aromatic carbocycles. The van der Waals surface area contributed by atoms with Gasteiger partial charge in [-0.1, -0.05) is 13.8 Å². The number of likely N-dealkylation sites (tertiary alicyclic amines) is 1. The maximum atomic E-state index is 13.0. The van der Waals surface area contributed by atoms with E-state index in [2.05, 4.69) is 18.8 Å². The molecule has 0 radical (unpaired) electrons. The lowest BCUT2D eigenvalue weighted by atomic mass is 9.90. The molecule has 3 rings (SSSR count). The normalized spacial score (nSPS) is 23.5. The fraction of sp³-hybridized carbons (Fsp3) is 0.667. The van der Waals surface area contributed by atoms with Crippen molar-refractivity contribution in [3.05, 3.63) is 28.6 Å². The van der Waals surface area contributed by atoms with E-state index in [-0.39, 0.29) is 11.1 Å². The Bertz CT molecular complexity index is 646. The number of hydrogen-bond donors (Lipinski definition) is 1. The predicted molar refractivity (Wildman–Crippen MR) is 86.5 cm³/mol. The molecule has 1 saturated heterocycles. The maximum absolute atomic E-state index is 13.0. The third-order valence-electron chi connectivity index (χ3n) is 5.37. The van der Waals surface area contributed by atoms with Gasteiger partial charge in [0.1, 0.15) is 5.69 Å². The number of piperidine rings is 1. The fourth-order valence-corrected chi connectivity index (χ4v) is 3.95. The first-order valence-corrected chi connectivity index (χ1v) is 8.55. The van der Waals surface area contributed by atoms with E-state index in [4.69, 9.17) is 0 Å². The Morgan fingerprint density at radius 2 is 2.25 bits per heavy atom. The molecule has 1 unspecified atom stereocenters. The summed E-state index contributed by atoms with van der Waals surface area (Å²) < 4.78 is 26.0. The van der Waals surface area contributed by atoms with Crippen molar-refractivity contribution in [3.8, 4) is 0 Å². The summed E-state index contributed by atoms with van der Waals surface area (Å²) in [7, 11) is 0. The fourth-order valence-electron chi connectivity index (χ4n) is 3.95. The number of aromatic carboxylic acids is 1. The number of pyridine rings is 1. The monoisotopic (exact) mass is 338 g/mol. The number of hydrogen-bond acceptors (Lipinski definition) is 3. The van der Waals surface area contributed by atoms with Crippen LogP contribution in [-0.4, -0.2) is 40.5 Å². The third-order valence-corrected chi connectivity index (χ3v) is 5.37. The van der Waals surface area contributed by atoms with Gasteiger partial charge in [-0.15, -0.1) is 0 Å². The lowest BCUT2D eigenvalue weighted by molar-refractivity contribution is 0.0253. The molecule has 24 heavy (non-hydrogen) atoms. The van der Waals surface area contributed by atoms with Crippen LogP contribution in [0.25, 0.3) is 0 Å². The van der Waals surface area contributed by atoms with Gasteiger partial charge in [0.2, 0.25) is 6.43 Å². The number of halogens is 2. The predicted octanol–water partition coefficient (Wildman–Crippen LogP) is 3.48. The van der Waals surface area contributed by atoms with E-state index in [1.807, 2.05) is 4.90 Å². The molecule has 1 aliphatic heterocycles. The maximum Gasteiger partial charge on any atom is 0.354 e. The minimum absolute atomic E-state index is 0.0566. The van der Waals surface area contributed by atoms with Crippen LogP contribution < -0.4 is 0 Å². The van der Waals surface area contributed by atoms with Gasteiger partial charge in [0.15, 0.2) is 0 Å². The third kappa shape index (κ3) is 3.29. The van der Waals surface area contributed by atoms with Gasteiger partial charge in [-0.3, -0.25) is 4.90 Å². The van der Waals surface area contributed by atoms with Gasteiger partial charge in [-0.25, -0.2) is 18.6 Å². The summed E-state index contributed by atoms with van der Waals surface area (Å²) in [5.41, 5.74) is 2.84. The van der Waals surface area contributed by atoms with E-state index in [9.17, 15) is 18.7 Å². The molecule has 6 heteroatoms. The van der Waals surface area contributed by atoms with E-state index >= 15 is 0 Å². The summed E-state index contributed by atoms with van der Waals surface area (Å²) in [6.45, 7) is 5.85. The van der Waals surface area contributed by atoms with Crippen LogP contribution in [0.15, 0.2) is 6.07 Å². The lowest BCUT2D eigenvalue weighted by Crippen LogP contribution is -2.38. The molecule has 4 nitrogen and oxygen atoms in total. The second kappa shape index (κ2) is 6.39. The van der Waals surface area contributed by atoms with Crippen molar-refractivity contribution in [2.45, 2.75) is 57.9 Å². The number of aromatic nitrogens is 1. The second-order valence-corrected chi connectivity index (χ2v) is 7.65. The average Bonchev–Trinajstić information content (AvgIpc) is 2.83. The standard InChI is InChI=1S/C18H24F2N2O2/c1-18(2)6-5-13-12(8-14(17(23)24)21-15(13)18)10-22-7-3-4-11(9-22)16(19)20/h8,11,16H,3-7,9-10H2,1-2H3,(H,23,24). The lowest BCUT2D eigenvalue weighted by Gasteiger charge is -2.32. The SMILES string of the molecule is CC1(C)CCc2c(CN3CCCC(C(F)F)C3)cc(C(=O)O)nc21. The highest BCUT2D eigenvalue weighted by molar-refractivity contribution is 5.85. The molecule has 0 bridgehead atoms. The van der Waals surface area contributed by atoms with Crippen molar-refractivity contribution in [2.24, 2.45) is 5.92 Å². The Kier molecular flexibility index (Phi) is 4.60. The Labute approximate surface area is 140 Å². The van der Waals surface area contributed by atoms with E-state index in [0.717, 1.165) is 42.6 Å². The zero-order valence-electron chi connectivity index (χ0n) is 14.2. The van der Waals surface area contributed by atoms with Gasteiger partial charge in [0.05, 0.1) is 5.69 Å². The topological polar surface area (TPSA) is 53.4 Å². The minimum atomic E-state index is -2.29. The number of nitrogens with zero attached hydrogens (tertiary/aromatic N) is 2. The highest BCUT2D eigenvalue weighted by Gasteiger charge is 2.35. The number of carbonyl (C=O) groups is 1. The van der Waals surface area contributed by atoms with Crippen molar-refractivity contribution in [3.63, 3.8) is 0 Å². The van der Waals surface area contributed by atoms with Crippen molar-refractivity contribution >= 4 is 5.97 Å². The van der Waals surface area contributed by atoms with E-state index in [1.54, 1.807) is 6.07 Å². The van der Waals surface area contributed by atoms with Crippen LogP contribution in [0.4, 0.5) is 8.78 Å². The first kappa shape index (κ1) is 17.3. The van der Waals surface area contributed by atoms with Crippen LogP contribution in [-0.2, 0) is 18.4 Å². The zero-order valence-corrected chi connectivity index (χ0v) is 14.2. The Morgan fingerprint density at radius 3 is 2.92 bits per heavy atom. The van der Waals surface area contributed by atoms with Crippen molar-refractivity contribution in [1.82, 2.24) is 9.88 Å². The number of carboxylic acid groups (broad SMARTS) is 1. The van der Waals surface area contributed by atoms with E-state index in [0.29, 0.717) is 19.5 Å². The number of alkyl halides is 2. The Hall–Kier alpha value is -1.56. The van der Waals surface area contributed by atoms with Crippen LogP contribution >= 0.6 is 0 Å². The minimum Gasteiger partial charge on any atom is -0.477 e. The largest absolute Gasteiger partial charge is 0.477 e. The highest BCUT2D eigenvalue weighted by atomic mass is 19.3. The first-order valence-electron chi connectivity index (χ1n) is 8.55. The number of carboxylic acids is 1. The molecule has 1 atom stereocenters. The molecule has 1 aliphatic carbocycles. The summed E-state index contributed by atoms with van der Waals surface area (Å²) in [6, 6.07) is 1.63. The van der Waals surface area contributed by atoms with Gasteiger partial charge in [-0.2, -0.15) is 0 Å². The second-order valence-electron chi connectivity index (χ2n) is 7.65. The molecule has 1 N–H and O–H groups in total. The molecular formula is C18H24F2N2O2. The van der Waals surface area contributed by atoms with E-state index < -0.39 is 18.3 Å². The van der Waals surface area contributed by atoms with Crippen molar-refractivity contribution in [2.75, 3.05) is 13.1 Å². The van der Waals surface area contributed by atoms with Gasteiger partial charge in [-0.05, 0) is 49.4 Å². The first-order chi connectivity index (χ1) is 11.3.